The van der Waals surface area contributed by atoms with Gasteiger partial charge in [0, 0.05) is 18.1 Å². The predicted octanol–water partition coefficient (Wildman–Crippen LogP) is 5.34. The molecule has 0 fully saturated rings. The zero-order valence-corrected chi connectivity index (χ0v) is 16.0. The standard InChI is InChI=1S/C23H22ClNO2/c1-18(27-22-14-12-21(24)13-15-22)23(26)25(16-19-8-4-2-5-9-19)17-20-10-6-3-7-11-20/h2-15,18H,16-17H2,1H3/t18-/m0/s1. The lowest BCUT2D eigenvalue weighted by Gasteiger charge is -2.26. The Morgan fingerprint density at radius 2 is 1.33 bits per heavy atom. The Balaban J connectivity index is 1.75. The van der Waals surface area contributed by atoms with Crippen molar-refractivity contribution in [3.63, 3.8) is 0 Å². The Hall–Kier alpha value is -2.78. The first-order valence-corrected chi connectivity index (χ1v) is 9.28. The summed E-state index contributed by atoms with van der Waals surface area (Å²) in [6.45, 7) is 2.84. The Labute approximate surface area is 165 Å². The highest BCUT2D eigenvalue weighted by Crippen LogP contribution is 2.19. The van der Waals surface area contributed by atoms with Crippen molar-refractivity contribution in [1.82, 2.24) is 4.90 Å². The molecule has 3 aromatic carbocycles. The summed E-state index contributed by atoms with van der Waals surface area (Å²) in [4.78, 5) is 14.9. The van der Waals surface area contributed by atoms with Crippen LogP contribution in [0.25, 0.3) is 0 Å². The van der Waals surface area contributed by atoms with Crippen molar-refractivity contribution in [2.75, 3.05) is 0 Å². The van der Waals surface area contributed by atoms with E-state index in [1.165, 1.54) is 0 Å². The molecule has 0 unspecified atom stereocenters. The predicted molar refractivity (Wildman–Crippen MR) is 109 cm³/mol. The zero-order chi connectivity index (χ0) is 19.1. The lowest BCUT2D eigenvalue weighted by Crippen LogP contribution is -2.39. The fourth-order valence-corrected chi connectivity index (χ4v) is 2.97. The minimum Gasteiger partial charge on any atom is -0.481 e. The van der Waals surface area contributed by atoms with Crippen LogP contribution in [0.1, 0.15) is 18.1 Å². The van der Waals surface area contributed by atoms with Gasteiger partial charge < -0.3 is 9.64 Å². The first-order chi connectivity index (χ1) is 13.1. The second-order valence-corrected chi connectivity index (χ2v) is 6.82. The van der Waals surface area contributed by atoms with Gasteiger partial charge in [0.05, 0.1) is 0 Å². The summed E-state index contributed by atoms with van der Waals surface area (Å²) in [5, 5.41) is 0.635. The summed E-state index contributed by atoms with van der Waals surface area (Å²) >= 11 is 5.91. The number of carbonyl (C=O) groups is 1. The zero-order valence-electron chi connectivity index (χ0n) is 15.2. The Kier molecular flexibility index (Phi) is 6.50. The van der Waals surface area contributed by atoms with Crippen LogP contribution < -0.4 is 4.74 Å². The fraction of sp³-hybridized carbons (Fsp3) is 0.174. The summed E-state index contributed by atoms with van der Waals surface area (Å²) in [5.41, 5.74) is 2.17. The quantitative estimate of drug-likeness (QED) is 0.554. The molecule has 0 radical (unpaired) electrons. The van der Waals surface area contributed by atoms with Crippen LogP contribution in [0.2, 0.25) is 5.02 Å². The smallest absolute Gasteiger partial charge is 0.263 e. The maximum atomic E-state index is 13.1. The maximum absolute atomic E-state index is 13.1. The van der Waals surface area contributed by atoms with Crippen LogP contribution in [-0.4, -0.2) is 16.9 Å². The molecule has 27 heavy (non-hydrogen) atoms. The number of carbonyl (C=O) groups excluding carboxylic acids is 1. The molecule has 0 aliphatic rings. The number of nitrogens with zero attached hydrogens (tertiary/aromatic N) is 1. The second kappa shape index (κ2) is 9.24. The van der Waals surface area contributed by atoms with Gasteiger partial charge >= 0.3 is 0 Å². The Morgan fingerprint density at radius 3 is 1.81 bits per heavy atom. The highest BCUT2D eigenvalue weighted by Gasteiger charge is 2.22. The Morgan fingerprint density at radius 1 is 0.852 bits per heavy atom. The van der Waals surface area contributed by atoms with E-state index in [-0.39, 0.29) is 5.91 Å². The molecule has 0 heterocycles. The van der Waals surface area contributed by atoms with Crippen molar-refractivity contribution in [1.29, 1.82) is 0 Å². The minimum absolute atomic E-state index is 0.0577. The van der Waals surface area contributed by atoms with Crippen molar-refractivity contribution in [3.8, 4) is 5.75 Å². The average Bonchev–Trinajstić information content (AvgIpc) is 2.70. The van der Waals surface area contributed by atoms with Gasteiger partial charge in [-0.25, -0.2) is 0 Å². The molecule has 4 heteroatoms. The molecule has 3 nitrogen and oxygen atoms in total. The molecule has 1 atom stereocenters. The van der Waals surface area contributed by atoms with Gasteiger partial charge in [0.2, 0.25) is 0 Å². The average molecular weight is 380 g/mol. The minimum atomic E-state index is -0.599. The molecular weight excluding hydrogens is 358 g/mol. The molecule has 0 N–H and O–H groups in total. The van der Waals surface area contributed by atoms with Gasteiger partial charge in [-0.3, -0.25) is 4.79 Å². The van der Waals surface area contributed by atoms with Gasteiger partial charge in [-0.05, 0) is 42.3 Å². The molecule has 0 saturated heterocycles. The van der Waals surface area contributed by atoms with Crippen LogP contribution in [0.15, 0.2) is 84.9 Å². The van der Waals surface area contributed by atoms with E-state index in [4.69, 9.17) is 16.3 Å². The lowest BCUT2D eigenvalue weighted by atomic mass is 10.1. The molecule has 1 amide bonds. The van der Waals surface area contributed by atoms with Crippen molar-refractivity contribution < 1.29 is 9.53 Å². The number of hydrogen-bond donors (Lipinski definition) is 0. The normalized spacial score (nSPS) is 11.6. The van der Waals surface area contributed by atoms with E-state index >= 15 is 0 Å². The molecule has 0 aromatic heterocycles. The molecule has 0 aliphatic heterocycles. The van der Waals surface area contributed by atoms with E-state index in [1.807, 2.05) is 65.6 Å². The summed E-state index contributed by atoms with van der Waals surface area (Å²) in [7, 11) is 0. The molecule has 0 bridgehead atoms. The number of ether oxygens (including phenoxy) is 1. The number of halogens is 1. The fourth-order valence-electron chi connectivity index (χ4n) is 2.84. The highest BCUT2D eigenvalue weighted by molar-refractivity contribution is 6.30. The first-order valence-electron chi connectivity index (χ1n) is 8.90. The van der Waals surface area contributed by atoms with Crippen molar-refractivity contribution in [2.24, 2.45) is 0 Å². The summed E-state index contributed by atoms with van der Waals surface area (Å²) in [6.07, 6.45) is -0.599. The highest BCUT2D eigenvalue weighted by atomic mass is 35.5. The van der Waals surface area contributed by atoms with Crippen LogP contribution in [0.4, 0.5) is 0 Å². The molecular formula is C23H22ClNO2. The third kappa shape index (κ3) is 5.60. The molecule has 0 saturated carbocycles. The van der Waals surface area contributed by atoms with E-state index in [0.29, 0.717) is 23.9 Å². The van der Waals surface area contributed by atoms with Crippen LogP contribution >= 0.6 is 11.6 Å². The molecule has 138 valence electrons. The van der Waals surface area contributed by atoms with E-state index in [0.717, 1.165) is 11.1 Å². The number of benzene rings is 3. The van der Waals surface area contributed by atoms with Gasteiger partial charge in [0.1, 0.15) is 5.75 Å². The lowest BCUT2D eigenvalue weighted by molar-refractivity contribution is -0.139. The maximum Gasteiger partial charge on any atom is 0.263 e. The topological polar surface area (TPSA) is 29.5 Å². The van der Waals surface area contributed by atoms with Crippen LogP contribution in [0.3, 0.4) is 0 Å². The van der Waals surface area contributed by atoms with Crippen molar-refractivity contribution in [2.45, 2.75) is 26.1 Å². The number of hydrogen-bond acceptors (Lipinski definition) is 2. The summed E-state index contributed by atoms with van der Waals surface area (Å²) in [5.74, 6) is 0.567. The summed E-state index contributed by atoms with van der Waals surface area (Å²) in [6, 6.07) is 27.0. The molecule has 0 aliphatic carbocycles. The van der Waals surface area contributed by atoms with Crippen LogP contribution in [0, 0.1) is 0 Å². The number of amides is 1. The first kappa shape index (κ1) is 19.0. The van der Waals surface area contributed by atoms with E-state index in [2.05, 4.69) is 0 Å². The Bertz CT molecular complexity index is 809. The molecule has 3 rings (SSSR count). The van der Waals surface area contributed by atoms with Gasteiger partial charge in [-0.2, -0.15) is 0 Å². The monoisotopic (exact) mass is 379 g/mol. The molecule has 3 aromatic rings. The number of rotatable bonds is 7. The SMILES string of the molecule is C[C@H](Oc1ccc(Cl)cc1)C(=O)N(Cc1ccccc1)Cc1ccccc1. The van der Waals surface area contributed by atoms with E-state index in [1.54, 1.807) is 31.2 Å². The largest absolute Gasteiger partial charge is 0.481 e. The van der Waals surface area contributed by atoms with Crippen LogP contribution in [0.5, 0.6) is 5.75 Å². The third-order valence-corrected chi connectivity index (χ3v) is 4.47. The van der Waals surface area contributed by atoms with Gasteiger partial charge in [-0.1, -0.05) is 72.3 Å². The second-order valence-electron chi connectivity index (χ2n) is 6.38. The van der Waals surface area contributed by atoms with Gasteiger partial charge in [-0.15, -0.1) is 0 Å². The van der Waals surface area contributed by atoms with Gasteiger partial charge in [0.15, 0.2) is 6.10 Å². The van der Waals surface area contributed by atoms with Crippen molar-refractivity contribution in [3.05, 3.63) is 101 Å². The van der Waals surface area contributed by atoms with Gasteiger partial charge in [0.25, 0.3) is 5.91 Å². The van der Waals surface area contributed by atoms with E-state index < -0.39 is 6.10 Å². The van der Waals surface area contributed by atoms with Crippen LogP contribution in [-0.2, 0) is 17.9 Å². The summed E-state index contributed by atoms with van der Waals surface area (Å²) < 4.78 is 5.84. The van der Waals surface area contributed by atoms with E-state index in [9.17, 15) is 4.79 Å². The van der Waals surface area contributed by atoms with Crippen molar-refractivity contribution >= 4 is 17.5 Å². The molecule has 0 spiro atoms. The third-order valence-electron chi connectivity index (χ3n) is 4.22.